The van der Waals surface area contributed by atoms with Gasteiger partial charge in [-0.15, -0.1) is 0 Å². The van der Waals surface area contributed by atoms with Crippen molar-refractivity contribution in [2.75, 3.05) is 6.61 Å². The number of imidazole rings is 1. The number of ether oxygens (including phenoxy) is 1. The number of aliphatic carboxylic acids is 1. The first-order valence-electron chi connectivity index (χ1n) is 6.17. The highest BCUT2D eigenvalue weighted by Gasteiger charge is 2.31. The van der Waals surface area contributed by atoms with E-state index in [1.165, 1.54) is 0 Å². The van der Waals surface area contributed by atoms with E-state index in [1.54, 1.807) is 0 Å². The van der Waals surface area contributed by atoms with Gasteiger partial charge in [-0.25, -0.2) is 4.98 Å². The number of nitrogens with zero attached hydrogens (tertiary/aromatic N) is 2. The van der Waals surface area contributed by atoms with Gasteiger partial charge in [0.05, 0.1) is 5.69 Å². The first-order valence-corrected chi connectivity index (χ1v) is 6.17. The summed E-state index contributed by atoms with van der Waals surface area (Å²) in [6, 6.07) is 0. The zero-order valence-corrected chi connectivity index (χ0v) is 9.63. The number of carboxylic acid groups (broad SMARTS) is 1. The van der Waals surface area contributed by atoms with Crippen LogP contribution in [-0.4, -0.2) is 27.2 Å². The van der Waals surface area contributed by atoms with E-state index in [1.807, 2.05) is 10.8 Å². The normalized spacial score (nSPS) is 28.0. The minimum atomic E-state index is -0.768. The van der Waals surface area contributed by atoms with Crippen LogP contribution in [0.2, 0.25) is 0 Å². The molecule has 5 heteroatoms. The molecule has 2 aliphatic rings. The minimum absolute atomic E-state index is 0.0718. The SMILES string of the molecule is O=C(O)C1CCCn2cc(C3CCCO3)nc21. The Morgan fingerprint density at radius 1 is 1.47 bits per heavy atom. The summed E-state index contributed by atoms with van der Waals surface area (Å²) < 4.78 is 7.57. The van der Waals surface area contributed by atoms with Crippen LogP contribution in [0.25, 0.3) is 0 Å². The van der Waals surface area contributed by atoms with Gasteiger partial charge < -0.3 is 14.4 Å². The predicted molar refractivity (Wildman–Crippen MR) is 59.8 cm³/mol. The zero-order valence-electron chi connectivity index (χ0n) is 9.63. The Morgan fingerprint density at radius 2 is 2.35 bits per heavy atom. The molecule has 0 spiro atoms. The number of rotatable bonds is 2. The van der Waals surface area contributed by atoms with Crippen LogP contribution in [0.5, 0.6) is 0 Å². The largest absolute Gasteiger partial charge is 0.481 e. The summed E-state index contributed by atoms with van der Waals surface area (Å²) in [5, 5.41) is 9.18. The molecule has 0 amide bonds. The number of fused-ring (bicyclic) bond motifs is 1. The zero-order chi connectivity index (χ0) is 11.8. The van der Waals surface area contributed by atoms with E-state index in [2.05, 4.69) is 4.98 Å². The van der Waals surface area contributed by atoms with Crippen molar-refractivity contribution in [1.82, 2.24) is 9.55 Å². The van der Waals surface area contributed by atoms with E-state index in [4.69, 9.17) is 4.74 Å². The van der Waals surface area contributed by atoms with Crippen LogP contribution in [0.1, 0.15) is 49.2 Å². The smallest absolute Gasteiger partial charge is 0.314 e. The number of carboxylic acids is 1. The fourth-order valence-corrected chi connectivity index (χ4v) is 2.70. The van der Waals surface area contributed by atoms with Gasteiger partial charge in [0.2, 0.25) is 0 Å². The average molecular weight is 236 g/mol. The Hall–Kier alpha value is -1.36. The Bertz CT molecular complexity index is 435. The van der Waals surface area contributed by atoms with Crippen molar-refractivity contribution >= 4 is 5.97 Å². The van der Waals surface area contributed by atoms with Gasteiger partial charge in [0, 0.05) is 19.3 Å². The summed E-state index contributed by atoms with van der Waals surface area (Å²) in [5.41, 5.74) is 0.908. The number of carbonyl (C=O) groups is 1. The Morgan fingerprint density at radius 3 is 3.06 bits per heavy atom. The Labute approximate surface area is 99.4 Å². The molecule has 92 valence electrons. The van der Waals surface area contributed by atoms with Crippen LogP contribution in [0.15, 0.2) is 6.20 Å². The lowest BCUT2D eigenvalue weighted by molar-refractivity contribution is -0.139. The Balaban J connectivity index is 1.92. The molecule has 0 radical (unpaired) electrons. The molecule has 1 aromatic rings. The van der Waals surface area contributed by atoms with E-state index in [9.17, 15) is 9.90 Å². The number of aromatic nitrogens is 2. The lowest BCUT2D eigenvalue weighted by atomic mass is 9.99. The van der Waals surface area contributed by atoms with Gasteiger partial charge in [-0.3, -0.25) is 4.79 Å². The van der Waals surface area contributed by atoms with E-state index in [0.717, 1.165) is 38.1 Å². The maximum Gasteiger partial charge on any atom is 0.314 e. The lowest BCUT2D eigenvalue weighted by Crippen LogP contribution is -2.22. The maximum absolute atomic E-state index is 11.2. The maximum atomic E-state index is 11.2. The predicted octanol–water partition coefficient (Wildman–Crippen LogP) is 1.70. The van der Waals surface area contributed by atoms with E-state index >= 15 is 0 Å². The molecule has 2 aliphatic heterocycles. The van der Waals surface area contributed by atoms with Crippen LogP contribution in [0.4, 0.5) is 0 Å². The lowest BCUT2D eigenvalue weighted by Gasteiger charge is -2.19. The molecule has 0 aliphatic carbocycles. The molecule has 3 heterocycles. The van der Waals surface area contributed by atoms with Gasteiger partial charge in [0.25, 0.3) is 0 Å². The van der Waals surface area contributed by atoms with Crippen molar-refractivity contribution in [3.05, 3.63) is 17.7 Å². The molecule has 17 heavy (non-hydrogen) atoms. The third kappa shape index (κ3) is 1.84. The highest BCUT2D eigenvalue weighted by molar-refractivity contribution is 5.75. The second-order valence-corrected chi connectivity index (χ2v) is 4.75. The first kappa shape index (κ1) is 10.8. The van der Waals surface area contributed by atoms with Crippen molar-refractivity contribution in [3.63, 3.8) is 0 Å². The molecule has 5 nitrogen and oxygen atoms in total. The molecular formula is C12H16N2O3. The monoisotopic (exact) mass is 236 g/mol. The van der Waals surface area contributed by atoms with Crippen molar-refractivity contribution in [2.24, 2.45) is 0 Å². The summed E-state index contributed by atoms with van der Waals surface area (Å²) in [6.45, 7) is 1.66. The highest BCUT2D eigenvalue weighted by atomic mass is 16.5. The van der Waals surface area contributed by atoms with Crippen LogP contribution in [-0.2, 0) is 16.1 Å². The summed E-state index contributed by atoms with van der Waals surface area (Å²) in [6.07, 6.45) is 5.70. The minimum Gasteiger partial charge on any atom is -0.481 e. The van der Waals surface area contributed by atoms with Crippen LogP contribution < -0.4 is 0 Å². The third-order valence-corrected chi connectivity index (χ3v) is 3.59. The summed E-state index contributed by atoms with van der Waals surface area (Å²) in [7, 11) is 0. The van der Waals surface area contributed by atoms with E-state index in [0.29, 0.717) is 12.2 Å². The van der Waals surface area contributed by atoms with Crippen molar-refractivity contribution < 1.29 is 14.6 Å². The molecule has 0 saturated carbocycles. The third-order valence-electron chi connectivity index (χ3n) is 3.59. The first-order chi connectivity index (χ1) is 8.25. The number of hydrogen-bond donors (Lipinski definition) is 1. The molecule has 1 N–H and O–H groups in total. The molecule has 1 fully saturated rings. The molecule has 3 rings (SSSR count). The van der Waals surface area contributed by atoms with Gasteiger partial charge in [-0.1, -0.05) is 0 Å². The quantitative estimate of drug-likeness (QED) is 0.848. The summed E-state index contributed by atoms with van der Waals surface area (Å²) in [4.78, 5) is 15.7. The summed E-state index contributed by atoms with van der Waals surface area (Å²) >= 11 is 0. The van der Waals surface area contributed by atoms with Crippen LogP contribution >= 0.6 is 0 Å². The number of aryl methyl sites for hydroxylation is 1. The molecular weight excluding hydrogens is 220 g/mol. The van der Waals surface area contributed by atoms with Gasteiger partial charge >= 0.3 is 5.97 Å². The van der Waals surface area contributed by atoms with Gasteiger partial charge in [-0.2, -0.15) is 0 Å². The number of hydrogen-bond acceptors (Lipinski definition) is 3. The molecule has 0 bridgehead atoms. The van der Waals surface area contributed by atoms with Crippen LogP contribution in [0, 0.1) is 0 Å². The van der Waals surface area contributed by atoms with Crippen molar-refractivity contribution in [1.29, 1.82) is 0 Å². The van der Waals surface area contributed by atoms with Crippen molar-refractivity contribution in [2.45, 2.75) is 44.2 Å². The molecule has 2 unspecified atom stereocenters. The summed E-state index contributed by atoms with van der Waals surface area (Å²) in [5.74, 6) is -0.511. The van der Waals surface area contributed by atoms with Gasteiger partial charge in [0.1, 0.15) is 17.8 Å². The standard InChI is InChI=1S/C12H16N2O3/c15-12(16)8-3-1-5-14-7-9(13-11(8)14)10-4-2-6-17-10/h7-8,10H,1-6H2,(H,15,16). The Kier molecular flexibility index (Phi) is 2.63. The molecule has 0 aromatic carbocycles. The van der Waals surface area contributed by atoms with Gasteiger partial charge in [0.15, 0.2) is 0 Å². The van der Waals surface area contributed by atoms with E-state index < -0.39 is 11.9 Å². The topological polar surface area (TPSA) is 64.3 Å². The van der Waals surface area contributed by atoms with Gasteiger partial charge in [-0.05, 0) is 25.7 Å². The van der Waals surface area contributed by atoms with Crippen LogP contribution in [0.3, 0.4) is 0 Å². The highest BCUT2D eigenvalue weighted by Crippen LogP contribution is 2.32. The second kappa shape index (κ2) is 4.14. The van der Waals surface area contributed by atoms with Crippen molar-refractivity contribution in [3.8, 4) is 0 Å². The second-order valence-electron chi connectivity index (χ2n) is 4.75. The molecule has 2 atom stereocenters. The fourth-order valence-electron chi connectivity index (χ4n) is 2.70. The average Bonchev–Trinajstić information content (AvgIpc) is 2.96. The molecule has 1 aromatic heterocycles. The van der Waals surface area contributed by atoms with E-state index in [-0.39, 0.29) is 6.10 Å². The molecule has 1 saturated heterocycles. The fraction of sp³-hybridized carbons (Fsp3) is 0.667.